The lowest BCUT2D eigenvalue weighted by Crippen LogP contribution is -2.45. The van der Waals surface area contributed by atoms with Crippen LogP contribution in [0.4, 0.5) is 5.95 Å². The van der Waals surface area contributed by atoms with Gasteiger partial charge in [0.15, 0.2) is 0 Å². The maximum atomic E-state index is 6.39. The molecule has 0 spiro atoms. The smallest absolute Gasteiger partial charge is 0.226 e. The highest BCUT2D eigenvalue weighted by Gasteiger charge is 2.30. The molecule has 0 bridgehead atoms. The molecule has 0 N–H and O–H groups in total. The van der Waals surface area contributed by atoms with Gasteiger partial charge in [-0.05, 0) is 31.7 Å². The first kappa shape index (κ1) is 11.6. The minimum absolute atomic E-state index is 0.0488. The molecule has 0 aliphatic carbocycles. The van der Waals surface area contributed by atoms with Gasteiger partial charge in [-0.25, -0.2) is 9.97 Å². The first-order valence-electron chi connectivity index (χ1n) is 6.02. The number of rotatable bonds is 3. The SMILES string of the molecule is CCCC1CCCC(Cl)N1c1ncccn1. The summed E-state index contributed by atoms with van der Waals surface area (Å²) >= 11 is 6.39. The fourth-order valence-corrected chi connectivity index (χ4v) is 2.76. The number of halogens is 1. The average Bonchev–Trinajstić information content (AvgIpc) is 2.31. The van der Waals surface area contributed by atoms with E-state index in [9.17, 15) is 0 Å². The van der Waals surface area contributed by atoms with Crippen LogP contribution in [0.1, 0.15) is 39.0 Å². The molecule has 1 fully saturated rings. The molecule has 3 nitrogen and oxygen atoms in total. The van der Waals surface area contributed by atoms with Crippen molar-refractivity contribution in [2.75, 3.05) is 4.90 Å². The molecule has 2 rings (SSSR count). The summed E-state index contributed by atoms with van der Waals surface area (Å²) in [6, 6.07) is 2.34. The van der Waals surface area contributed by atoms with Gasteiger partial charge in [-0.1, -0.05) is 24.9 Å². The van der Waals surface area contributed by atoms with Crippen LogP contribution in [-0.4, -0.2) is 21.5 Å². The van der Waals surface area contributed by atoms with Crippen molar-refractivity contribution < 1.29 is 0 Å². The molecule has 1 saturated heterocycles. The molecule has 1 aliphatic heterocycles. The van der Waals surface area contributed by atoms with Gasteiger partial charge in [0.2, 0.25) is 5.95 Å². The predicted octanol–water partition coefficient (Wildman–Crippen LogP) is 3.20. The summed E-state index contributed by atoms with van der Waals surface area (Å²) < 4.78 is 0. The lowest BCUT2D eigenvalue weighted by Gasteiger charge is -2.39. The van der Waals surface area contributed by atoms with Crippen LogP contribution in [0.2, 0.25) is 0 Å². The Labute approximate surface area is 102 Å². The molecule has 2 unspecified atom stereocenters. The number of hydrogen-bond donors (Lipinski definition) is 0. The second kappa shape index (κ2) is 5.48. The molecule has 4 heteroatoms. The summed E-state index contributed by atoms with van der Waals surface area (Å²) in [6.45, 7) is 2.21. The van der Waals surface area contributed by atoms with E-state index in [1.54, 1.807) is 12.4 Å². The van der Waals surface area contributed by atoms with E-state index in [1.165, 1.54) is 25.7 Å². The maximum Gasteiger partial charge on any atom is 0.226 e. The van der Waals surface area contributed by atoms with Gasteiger partial charge in [-0.2, -0.15) is 0 Å². The molecule has 2 atom stereocenters. The molecule has 0 radical (unpaired) electrons. The van der Waals surface area contributed by atoms with Crippen molar-refractivity contribution in [1.82, 2.24) is 9.97 Å². The molecule has 88 valence electrons. The van der Waals surface area contributed by atoms with E-state index in [2.05, 4.69) is 21.8 Å². The summed E-state index contributed by atoms with van der Waals surface area (Å²) in [7, 11) is 0. The topological polar surface area (TPSA) is 29.0 Å². The highest BCUT2D eigenvalue weighted by Crippen LogP contribution is 2.30. The fraction of sp³-hybridized carbons (Fsp3) is 0.667. The number of nitrogens with zero attached hydrogens (tertiary/aromatic N) is 3. The normalized spacial score (nSPS) is 25.8. The highest BCUT2D eigenvalue weighted by molar-refractivity contribution is 6.21. The quantitative estimate of drug-likeness (QED) is 0.599. The van der Waals surface area contributed by atoms with Crippen molar-refractivity contribution in [3.63, 3.8) is 0 Å². The number of alkyl halides is 1. The Morgan fingerprint density at radius 1 is 1.38 bits per heavy atom. The third kappa shape index (κ3) is 2.46. The van der Waals surface area contributed by atoms with E-state index in [0.717, 1.165) is 12.4 Å². The minimum atomic E-state index is 0.0488. The van der Waals surface area contributed by atoms with Crippen molar-refractivity contribution in [3.8, 4) is 0 Å². The Morgan fingerprint density at radius 2 is 2.12 bits per heavy atom. The lowest BCUT2D eigenvalue weighted by molar-refractivity contribution is 0.409. The van der Waals surface area contributed by atoms with Gasteiger partial charge in [0, 0.05) is 18.4 Å². The Kier molecular flexibility index (Phi) is 3.99. The monoisotopic (exact) mass is 239 g/mol. The van der Waals surface area contributed by atoms with E-state index in [1.807, 2.05) is 6.07 Å². The van der Waals surface area contributed by atoms with Gasteiger partial charge in [-0.15, -0.1) is 0 Å². The first-order valence-corrected chi connectivity index (χ1v) is 6.46. The number of piperidine rings is 1. The molecule has 1 aromatic heterocycles. The van der Waals surface area contributed by atoms with E-state index in [-0.39, 0.29) is 5.50 Å². The van der Waals surface area contributed by atoms with Gasteiger partial charge in [0.25, 0.3) is 0 Å². The second-order valence-corrected chi connectivity index (χ2v) is 4.77. The van der Waals surface area contributed by atoms with Crippen LogP contribution >= 0.6 is 11.6 Å². The Hall–Kier alpha value is -0.830. The molecule has 2 heterocycles. The minimum Gasteiger partial charge on any atom is -0.321 e. The van der Waals surface area contributed by atoms with E-state index >= 15 is 0 Å². The molecule has 16 heavy (non-hydrogen) atoms. The van der Waals surface area contributed by atoms with Crippen molar-refractivity contribution >= 4 is 17.5 Å². The average molecular weight is 240 g/mol. The number of anilines is 1. The Bertz CT molecular complexity index is 315. The summed E-state index contributed by atoms with van der Waals surface area (Å²) in [5, 5.41) is 0. The molecule has 1 aliphatic rings. The zero-order valence-corrected chi connectivity index (χ0v) is 10.4. The van der Waals surface area contributed by atoms with Crippen molar-refractivity contribution in [1.29, 1.82) is 0 Å². The summed E-state index contributed by atoms with van der Waals surface area (Å²) in [5.41, 5.74) is 0.0488. The largest absolute Gasteiger partial charge is 0.321 e. The Balaban J connectivity index is 2.19. The van der Waals surface area contributed by atoms with Crippen LogP contribution in [0.5, 0.6) is 0 Å². The molecule has 0 aromatic carbocycles. The van der Waals surface area contributed by atoms with Crippen molar-refractivity contribution in [2.24, 2.45) is 0 Å². The van der Waals surface area contributed by atoms with Gasteiger partial charge in [0.1, 0.15) is 5.50 Å². The Morgan fingerprint density at radius 3 is 2.81 bits per heavy atom. The fourth-order valence-electron chi connectivity index (χ4n) is 2.36. The molecule has 1 aromatic rings. The van der Waals surface area contributed by atoms with E-state index in [4.69, 9.17) is 11.6 Å². The first-order chi connectivity index (χ1) is 7.83. The van der Waals surface area contributed by atoms with Crippen LogP contribution in [0.3, 0.4) is 0 Å². The van der Waals surface area contributed by atoms with Gasteiger partial charge >= 0.3 is 0 Å². The van der Waals surface area contributed by atoms with E-state index < -0.39 is 0 Å². The summed E-state index contributed by atoms with van der Waals surface area (Å²) in [4.78, 5) is 10.8. The second-order valence-electron chi connectivity index (χ2n) is 4.26. The van der Waals surface area contributed by atoms with Gasteiger partial charge < -0.3 is 4.90 Å². The predicted molar refractivity (Wildman–Crippen MR) is 66.7 cm³/mol. The van der Waals surface area contributed by atoms with Gasteiger partial charge in [0.05, 0.1) is 0 Å². The van der Waals surface area contributed by atoms with Crippen LogP contribution in [0, 0.1) is 0 Å². The number of hydrogen-bond acceptors (Lipinski definition) is 3. The standard InChI is InChI=1S/C12H18ClN3/c1-2-5-10-6-3-7-11(13)16(10)12-14-8-4-9-15-12/h4,8-11H,2-3,5-7H2,1H3. The van der Waals surface area contributed by atoms with Crippen LogP contribution in [0.25, 0.3) is 0 Å². The third-order valence-corrected chi connectivity index (χ3v) is 3.51. The van der Waals surface area contributed by atoms with Crippen LogP contribution < -0.4 is 4.90 Å². The van der Waals surface area contributed by atoms with Crippen LogP contribution in [0.15, 0.2) is 18.5 Å². The number of aromatic nitrogens is 2. The highest BCUT2D eigenvalue weighted by atomic mass is 35.5. The molecular formula is C12H18ClN3. The van der Waals surface area contributed by atoms with Crippen LogP contribution in [-0.2, 0) is 0 Å². The lowest BCUT2D eigenvalue weighted by atomic mass is 9.98. The molecule has 0 amide bonds. The molecular weight excluding hydrogens is 222 g/mol. The van der Waals surface area contributed by atoms with Gasteiger partial charge in [-0.3, -0.25) is 0 Å². The van der Waals surface area contributed by atoms with Crippen molar-refractivity contribution in [2.45, 2.75) is 50.6 Å². The van der Waals surface area contributed by atoms with Crippen molar-refractivity contribution in [3.05, 3.63) is 18.5 Å². The summed E-state index contributed by atoms with van der Waals surface area (Å²) in [6.07, 6.45) is 9.35. The zero-order valence-electron chi connectivity index (χ0n) is 9.64. The third-order valence-electron chi connectivity index (χ3n) is 3.08. The molecule has 0 saturated carbocycles. The zero-order chi connectivity index (χ0) is 11.4. The summed E-state index contributed by atoms with van der Waals surface area (Å²) in [5.74, 6) is 0.778. The van der Waals surface area contributed by atoms with E-state index in [0.29, 0.717) is 6.04 Å². The maximum absolute atomic E-state index is 6.39.